The highest BCUT2D eigenvalue weighted by Gasteiger charge is 2.23. The van der Waals surface area contributed by atoms with Crippen molar-refractivity contribution in [3.63, 3.8) is 0 Å². The molecule has 2 rings (SSSR count). The molecule has 2 unspecified atom stereocenters. The van der Waals surface area contributed by atoms with Gasteiger partial charge in [-0.2, -0.15) is 0 Å². The van der Waals surface area contributed by atoms with Gasteiger partial charge in [0.25, 0.3) is 0 Å². The third-order valence-corrected chi connectivity index (χ3v) is 5.00. The van der Waals surface area contributed by atoms with Gasteiger partial charge in [0, 0.05) is 22.4 Å². The van der Waals surface area contributed by atoms with E-state index in [1.165, 1.54) is 34.6 Å². The first-order valence-corrected chi connectivity index (χ1v) is 7.92. The lowest BCUT2D eigenvalue weighted by Crippen LogP contribution is -2.28. The van der Waals surface area contributed by atoms with Gasteiger partial charge in [-0.1, -0.05) is 13.8 Å². The predicted molar refractivity (Wildman–Crippen MR) is 78.1 cm³/mol. The van der Waals surface area contributed by atoms with E-state index in [9.17, 15) is 0 Å². The van der Waals surface area contributed by atoms with Gasteiger partial charge in [0.15, 0.2) is 0 Å². The number of nitrogens with two attached hydrogens (primary N) is 1. The molecule has 1 heterocycles. The Balaban J connectivity index is 2.11. The van der Waals surface area contributed by atoms with Crippen LogP contribution in [0.4, 0.5) is 0 Å². The summed E-state index contributed by atoms with van der Waals surface area (Å²) >= 11 is 1.95. The first-order valence-electron chi connectivity index (χ1n) is 7.10. The largest absolute Gasteiger partial charge is 0.374 e. The second-order valence-corrected chi connectivity index (χ2v) is 6.76. The topological polar surface area (TPSA) is 35.2 Å². The molecule has 102 valence electrons. The maximum Gasteiger partial charge on any atom is 0.0835 e. The van der Waals surface area contributed by atoms with Crippen LogP contribution < -0.4 is 5.73 Å². The number of rotatable bonds is 5. The summed E-state index contributed by atoms with van der Waals surface area (Å²) in [5, 5.41) is 0. The maximum atomic E-state index is 6.18. The van der Waals surface area contributed by atoms with Gasteiger partial charge < -0.3 is 10.5 Å². The number of fused-ring (bicyclic) bond motifs is 1. The fourth-order valence-corrected chi connectivity index (χ4v) is 3.85. The van der Waals surface area contributed by atoms with Crippen molar-refractivity contribution in [2.24, 2.45) is 11.7 Å². The fourth-order valence-electron chi connectivity index (χ4n) is 2.51. The molecule has 0 amide bonds. The lowest BCUT2D eigenvalue weighted by Gasteiger charge is -2.22. The van der Waals surface area contributed by atoms with Gasteiger partial charge in [0.05, 0.1) is 6.10 Å². The van der Waals surface area contributed by atoms with Crippen molar-refractivity contribution in [2.75, 3.05) is 6.61 Å². The van der Waals surface area contributed by atoms with Gasteiger partial charge in [0.2, 0.25) is 0 Å². The summed E-state index contributed by atoms with van der Waals surface area (Å²) in [7, 11) is 0. The molecule has 0 radical (unpaired) electrons. The number of thiophene rings is 1. The maximum absolute atomic E-state index is 6.18. The zero-order valence-electron chi connectivity index (χ0n) is 11.7. The predicted octanol–water partition coefficient (Wildman–Crippen LogP) is 3.69. The molecule has 1 aromatic rings. The lowest BCUT2D eigenvalue weighted by molar-refractivity contribution is 0.0506. The van der Waals surface area contributed by atoms with Crippen LogP contribution in [0.3, 0.4) is 0 Å². The van der Waals surface area contributed by atoms with E-state index in [0.29, 0.717) is 12.0 Å². The molecule has 3 heteroatoms. The third-order valence-electron chi connectivity index (χ3n) is 3.77. The molecule has 2 nitrogen and oxygen atoms in total. The molecule has 1 aliphatic carbocycles. The van der Waals surface area contributed by atoms with Crippen LogP contribution in [0, 0.1) is 5.92 Å². The number of aryl methyl sites for hydroxylation is 1. The van der Waals surface area contributed by atoms with Gasteiger partial charge in [-0.05, 0) is 50.2 Å². The molecule has 0 saturated carbocycles. The Labute approximate surface area is 115 Å². The molecule has 18 heavy (non-hydrogen) atoms. The van der Waals surface area contributed by atoms with Crippen molar-refractivity contribution in [3.8, 4) is 0 Å². The van der Waals surface area contributed by atoms with Gasteiger partial charge in [-0.25, -0.2) is 0 Å². The minimum atomic E-state index is 0.274. The van der Waals surface area contributed by atoms with Gasteiger partial charge in [-0.3, -0.25) is 0 Å². The molecular weight excluding hydrogens is 242 g/mol. The Morgan fingerprint density at radius 2 is 2.28 bits per heavy atom. The Hall–Kier alpha value is -0.380. The summed E-state index contributed by atoms with van der Waals surface area (Å²) in [6.07, 6.45) is 4.99. The molecule has 0 saturated heterocycles. The summed E-state index contributed by atoms with van der Waals surface area (Å²) < 4.78 is 5.85. The highest BCUT2D eigenvalue weighted by Crippen LogP contribution is 2.38. The summed E-state index contributed by atoms with van der Waals surface area (Å²) in [6, 6.07) is 2.62. The summed E-state index contributed by atoms with van der Waals surface area (Å²) in [5.41, 5.74) is 7.62. The van der Waals surface area contributed by atoms with Crippen molar-refractivity contribution in [1.29, 1.82) is 0 Å². The zero-order chi connectivity index (χ0) is 13.1. The minimum absolute atomic E-state index is 0.274. The Kier molecular flexibility index (Phi) is 4.82. The summed E-state index contributed by atoms with van der Waals surface area (Å²) in [6.45, 7) is 7.28. The van der Waals surface area contributed by atoms with E-state index in [-0.39, 0.29) is 6.04 Å². The number of ether oxygens (including phenoxy) is 1. The second-order valence-electron chi connectivity index (χ2n) is 5.54. The van der Waals surface area contributed by atoms with Crippen molar-refractivity contribution in [1.82, 2.24) is 0 Å². The van der Waals surface area contributed by atoms with Gasteiger partial charge >= 0.3 is 0 Å². The van der Waals surface area contributed by atoms with E-state index >= 15 is 0 Å². The van der Waals surface area contributed by atoms with Crippen LogP contribution in [0.2, 0.25) is 0 Å². The van der Waals surface area contributed by atoms with Crippen LogP contribution in [-0.2, 0) is 17.6 Å². The lowest BCUT2D eigenvalue weighted by atomic mass is 9.95. The molecule has 2 atom stereocenters. The Morgan fingerprint density at radius 1 is 1.50 bits per heavy atom. The smallest absolute Gasteiger partial charge is 0.0835 e. The normalized spacial score (nSPS) is 21.1. The monoisotopic (exact) mass is 267 g/mol. The average Bonchev–Trinajstić information content (AvgIpc) is 2.72. The molecule has 0 aromatic carbocycles. The van der Waals surface area contributed by atoms with E-state index in [0.717, 1.165) is 13.0 Å². The third kappa shape index (κ3) is 3.14. The SMILES string of the molecule is CCOC1CCCc2sc(CC(N)C(C)C)cc21. The zero-order valence-corrected chi connectivity index (χ0v) is 12.6. The van der Waals surface area contributed by atoms with Crippen molar-refractivity contribution in [3.05, 3.63) is 21.4 Å². The van der Waals surface area contributed by atoms with Crippen LogP contribution in [0.1, 0.15) is 55.0 Å². The van der Waals surface area contributed by atoms with E-state index in [2.05, 4.69) is 26.8 Å². The molecule has 0 bridgehead atoms. The number of hydrogen-bond donors (Lipinski definition) is 1. The highest BCUT2D eigenvalue weighted by molar-refractivity contribution is 7.12. The van der Waals surface area contributed by atoms with Crippen molar-refractivity contribution in [2.45, 2.75) is 58.6 Å². The summed E-state index contributed by atoms with van der Waals surface area (Å²) in [5.74, 6) is 0.548. The highest BCUT2D eigenvalue weighted by atomic mass is 32.1. The van der Waals surface area contributed by atoms with Crippen molar-refractivity contribution >= 4 is 11.3 Å². The standard InChI is InChI=1S/C15H25NOS/c1-4-17-14-6-5-7-15-12(14)8-11(18-15)9-13(16)10(2)3/h8,10,13-14H,4-7,9,16H2,1-3H3. The second kappa shape index (κ2) is 6.18. The average molecular weight is 267 g/mol. The van der Waals surface area contributed by atoms with E-state index in [1.807, 2.05) is 11.3 Å². The van der Waals surface area contributed by atoms with Gasteiger partial charge in [-0.15, -0.1) is 11.3 Å². The van der Waals surface area contributed by atoms with E-state index < -0.39 is 0 Å². The molecule has 1 aromatic heterocycles. The van der Waals surface area contributed by atoms with Crippen molar-refractivity contribution < 1.29 is 4.74 Å². The molecule has 0 fully saturated rings. The van der Waals surface area contributed by atoms with Crippen LogP contribution in [0.25, 0.3) is 0 Å². The first kappa shape index (κ1) is 14.0. The van der Waals surface area contributed by atoms with Crippen LogP contribution in [0.5, 0.6) is 0 Å². The summed E-state index contributed by atoms with van der Waals surface area (Å²) in [4.78, 5) is 2.97. The molecular formula is C15H25NOS. The van der Waals surface area contributed by atoms with Crippen LogP contribution >= 0.6 is 11.3 Å². The Morgan fingerprint density at radius 3 is 2.94 bits per heavy atom. The minimum Gasteiger partial charge on any atom is -0.374 e. The van der Waals surface area contributed by atoms with Crippen LogP contribution in [0.15, 0.2) is 6.07 Å². The molecule has 0 aliphatic heterocycles. The molecule has 0 spiro atoms. The van der Waals surface area contributed by atoms with Gasteiger partial charge in [0.1, 0.15) is 0 Å². The number of hydrogen-bond acceptors (Lipinski definition) is 3. The van der Waals surface area contributed by atoms with E-state index in [4.69, 9.17) is 10.5 Å². The van der Waals surface area contributed by atoms with Crippen LogP contribution in [-0.4, -0.2) is 12.6 Å². The quantitative estimate of drug-likeness (QED) is 0.883. The first-order chi connectivity index (χ1) is 8.61. The molecule has 2 N–H and O–H groups in total. The Bertz CT molecular complexity index is 386. The molecule has 1 aliphatic rings. The fraction of sp³-hybridized carbons (Fsp3) is 0.733. The van der Waals surface area contributed by atoms with E-state index in [1.54, 1.807) is 0 Å².